The largest absolute Gasteiger partial charge is 0.504 e. The molecule has 0 amide bonds. The molecule has 0 aromatic heterocycles. The molecule has 0 aliphatic rings. The van der Waals surface area contributed by atoms with Crippen molar-refractivity contribution in [2.45, 2.75) is 12.2 Å². The van der Waals surface area contributed by atoms with Crippen molar-refractivity contribution in [3.05, 3.63) is 59.7 Å². The number of benzene rings is 2. The zero-order valence-electron chi connectivity index (χ0n) is 12.2. The van der Waals surface area contributed by atoms with Gasteiger partial charge in [-0.05, 0) is 23.3 Å². The van der Waals surface area contributed by atoms with Crippen LogP contribution < -0.4 is 4.74 Å². The summed E-state index contributed by atoms with van der Waals surface area (Å²) in [6.45, 7) is -3.06. The molecule has 5 nitrogen and oxygen atoms in total. The summed E-state index contributed by atoms with van der Waals surface area (Å²) < 4.78 is 28.7. The van der Waals surface area contributed by atoms with E-state index in [9.17, 15) is 19.0 Å². The van der Waals surface area contributed by atoms with Gasteiger partial charge in [0.25, 0.3) is 0 Å². The van der Waals surface area contributed by atoms with Gasteiger partial charge in [-0.3, -0.25) is 0 Å². The topological polar surface area (TPSA) is 71.3 Å². The Hall–Kier alpha value is -2.67. The summed E-state index contributed by atoms with van der Waals surface area (Å²) in [5.41, 5.74) is -1.04. The fourth-order valence-electron chi connectivity index (χ4n) is 2.09. The summed E-state index contributed by atoms with van der Waals surface area (Å²) in [7, 11) is 1.32. The lowest BCUT2D eigenvalue weighted by Crippen LogP contribution is -2.29. The van der Waals surface area contributed by atoms with Gasteiger partial charge in [-0.1, -0.05) is 41.6 Å². The van der Waals surface area contributed by atoms with Crippen LogP contribution in [0.4, 0.5) is 8.78 Å². The smallest absolute Gasteiger partial charge is 0.387 e. The van der Waals surface area contributed by atoms with Gasteiger partial charge in [-0.2, -0.15) is 8.78 Å². The molecule has 0 spiro atoms. The van der Waals surface area contributed by atoms with Crippen molar-refractivity contribution in [1.29, 1.82) is 0 Å². The summed E-state index contributed by atoms with van der Waals surface area (Å²) in [5.74, 6) is -0.911. The molecule has 1 atom stereocenters. The van der Waals surface area contributed by atoms with Crippen LogP contribution in [0, 0.1) is 0 Å². The van der Waals surface area contributed by atoms with E-state index in [0.717, 1.165) is 18.3 Å². The fourth-order valence-corrected chi connectivity index (χ4v) is 2.09. The molecule has 2 rings (SSSR count). The molecule has 23 heavy (non-hydrogen) atoms. The summed E-state index contributed by atoms with van der Waals surface area (Å²) in [5, 5.41) is 24.4. The molecular weight excluding hydrogens is 308 g/mol. The molecule has 0 bridgehead atoms. The Kier molecular flexibility index (Phi) is 5.13. The van der Waals surface area contributed by atoms with Crippen LogP contribution in [0.15, 0.2) is 53.7 Å². The molecule has 7 heteroatoms. The Morgan fingerprint density at radius 1 is 1.13 bits per heavy atom. The Labute approximate surface area is 131 Å². The Morgan fingerprint density at radius 3 is 2.39 bits per heavy atom. The Morgan fingerprint density at radius 2 is 1.83 bits per heavy atom. The maximum Gasteiger partial charge on any atom is 0.387 e. The van der Waals surface area contributed by atoms with Gasteiger partial charge in [0.1, 0.15) is 7.11 Å². The number of rotatable bonds is 6. The molecular formula is C16H15F2NO4. The van der Waals surface area contributed by atoms with Gasteiger partial charge in [-0.15, -0.1) is 0 Å². The number of hydrogen-bond donors (Lipinski definition) is 2. The van der Waals surface area contributed by atoms with Crippen LogP contribution in [0.5, 0.6) is 11.5 Å². The van der Waals surface area contributed by atoms with E-state index in [0.29, 0.717) is 5.56 Å². The van der Waals surface area contributed by atoms with Crippen LogP contribution in [0.1, 0.15) is 11.1 Å². The summed E-state index contributed by atoms with van der Waals surface area (Å²) in [6, 6.07) is 12.1. The summed E-state index contributed by atoms with van der Waals surface area (Å²) >= 11 is 0. The third-order valence-electron chi connectivity index (χ3n) is 3.17. The number of phenolic OH excluding ortho intramolecular Hbond substituents is 1. The number of alkyl halides is 2. The number of ether oxygens (including phenoxy) is 1. The second-order valence-electron chi connectivity index (χ2n) is 4.61. The molecule has 0 heterocycles. The van der Waals surface area contributed by atoms with Crippen LogP contribution >= 0.6 is 0 Å². The van der Waals surface area contributed by atoms with Gasteiger partial charge in [0.15, 0.2) is 17.1 Å². The van der Waals surface area contributed by atoms with Gasteiger partial charge in [0.2, 0.25) is 0 Å². The van der Waals surface area contributed by atoms with Crippen LogP contribution in [0.2, 0.25) is 0 Å². The lowest BCUT2D eigenvalue weighted by atomic mass is 9.87. The third-order valence-corrected chi connectivity index (χ3v) is 3.17. The monoisotopic (exact) mass is 323 g/mol. The second kappa shape index (κ2) is 7.06. The van der Waals surface area contributed by atoms with Crippen LogP contribution in [0.25, 0.3) is 0 Å². The fraction of sp³-hybridized carbons (Fsp3) is 0.188. The van der Waals surface area contributed by atoms with Gasteiger partial charge < -0.3 is 19.8 Å². The molecule has 0 aliphatic carbocycles. The first-order valence-corrected chi connectivity index (χ1v) is 6.61. The predicted octanol–water partition coefficient (Wildman–Crippen LogP) is 2.86. The van der Waals surface area contributed by atoms with E-state index in [2.05, 4.69) is 14.7 Å². The van der Waals surface area contributed by atoms with E-state index >= 15 is 0 Å². The highest BCUT2D eigenvalue weighted by Crippen LogP contribution is 2.35. The molecule has 1 unspecified atom stereocenters. The molecule has 0 radical (unpaired) electrons. The molecule has 122 valence electrons. The van der Waals surface area contributed by atoms with Crippen molar-refractivity contribution in [2.24, 2.45) is 5.16 Å². The summed E-state index contributed by atoms with van der Waals surface area (Å²) in [4.78, 5) is 4.61. The van der Waals surface area contributed by atoms with E-state index in [-0.39, 0.29) is 11.3 Å². The van der Waals surface area contributed by atoms with Crippen molar-refractivity contribution >= 4 is 6.21 Å². The quantitative estimate of drug-likeness (QED) is 0.633. The average Bonchev–Trinajstić information content (AvgIpc) is 2.55. The normalized spacial score (nSPS) is 14.0. The van der Waals surface area contributed by atoms with Crippen molar-refractivity contribution in [3.63, 3.8) is 0 Å². The molecule has 0 fully saturated rings. The van der Waals surface area contributed by atoms with Crippen LogP contribution in [-0.4, -0.2) is 30.1 Å². The van der Waals surface area contributed by atoms with Crippen molar-refractivity contribution < 1.29 is 28.6 Å². The second-order valence-corrected chi connectivity index (χ2v) is 4.61. The SMILES string of the molecule is CON=CC(O)(c1ccccc1)c1ccc(OC(F)F)c(O)c1. The maximum absolute atomic E-state index is 12.2. The summed E-state index contributed by atoms with van der Waals surface area (Å²) in [6.07, 6.45) is 1.14. The highest BCUT2D eigenvalue weighted by atomic mass is 19.3. The van der Waals surface area contributed by atoms with E-state index in [1.807, 2.05) is 0 Å². The number of nitrogens with zero attached hydrogens (tertiary/aromatic N) is 1. The van der Waals surface area contributed by atoms with E-state index in [4.69, 9.17) is 0 Å². The molecule has 2 N–H and O–H groups in total. The van der Waals surface area contributed by atoms with Gasteiger partial charge in [0, 0.05) is 0 Å². The standard InChI is InChI=1S/C16H15F2NO4/c1-22-19-10-16(21,11-5-3-2-4-6-11)12-7-8-14(13(20)9-12)23-15(17)18/h2-10,15,20-21H,1H3. The van der Waals surface area contributed by atoms with Crippen LogP contribution in [-0.2, 0) is 10.4 Å². The molecule has 2 aromatic rings. The minimum Gasteiger partial charge on any atom is -0.504 e. The molecule has 2 aromatic carbocycles. The molecule has 0 saturated heterocycles. The molecule has 0 saturated carbocycles. The van der Waals surface area contributed by atoms with E-state index < -0.39 is 18.0 Å². The lowest BCUT2D eigenvalue weighted by Gasteiger charge is -2.25. The number of aromatic hydroxyl groups is 1. The number of phenols is 1. The van der Waals surface area contributed by atoms with Crippen molar-refractivity contribution in [1.82, 2.24) is 0 Å². The highest BCUT2D eigenvalue weighted by Gasteiger charge is 2.31. The maximum atomic E-state index is 12.2. The Bertz CT molecular complexity index is 679. The molecule has 0 aliphatic heterocycles. The minimum atomic E-state index is -3.06. The number of halogens is 2. The van der Waals surface area contributed by atoms with Gasteiger partial charge in [0.05, 0.1) is 6.21 Å². The highest BCUT2D eigenvalue weighted by molar-refractivity contribution is 5.76. The van der Waals surface area contributed by atoms with Crippen molar-refractivity contribution in [2.75, 3.05) is 7.11 Å². The van der Waals surface area contributed by atoms with Gasteiger partial charge in [-0.25, -0.2) is 0 Å². The first kappa shape index (κ1) is 16.7. The van der Waals surface area contributed by atoms with Crippen LogP contribution in [0.3, 0.4) is 0 Å². The Balaban J connectivity index is 2.48. The first-order chi connectivity index (χ1) is 11.0. The number of aliphatic hydroxyl groups is 1. The minimum absolute atomic E-state index is 0.212. The zero-order chi connectivity index (χ0) is 16.9. The predicted molar refractivity (Wildman–Crippen MR) is 79.7 cm³/mol. The zero-order valence-corrected chi connectivity index (χ0v) is 12.2. The van der Waals surface area contributed by atoms with Crippen molar-refractivity contribution in [3.8, 4) is 11.5 Å². The number of oxime groups is 1. The van der Waals surface area contributed by atoms with E-state index in [1.165, 1.54) is 13.2 Å². The average molecular weight is 323 g/mol. The van der Waals surface area contributed by atoms with E-state index in [1.54, 1.807) is 30.3 Å². The lowest BCUT2D eigenvalue weighted by molar-refractivity contribution is -0.0512. The number of hydrogen-bond acceptors (Lipinski definition) is 5. The third kappa shape index (κ3) is 3.75. The first-order valence-electron chi connectivity index (χ1n) is 6.61. The van der Waals surface area contributed by atoms with Gasteiger partial charge >= 0.3 is 6.61 Å².